The zero-order valence-electron chi connectivity index (χ0n) is 15.1. The molecule has 0 unspecified atom stereocenters. The first-order valence-electron chi connectivity index (χ1n) is 9.18. The van der Waals surface area contributed by atoms with E-state index in [1.165, 1.54) is 19.3 Å². The van der Waals surface area contributed by atoms with Crippen molar-refractivity contribution < 1.29 is 9.53 Å². The highest BCUT2D eigenvalue weighted by Gasteiger charge is 2.22. The molecule has 26 heavy (non-hydrogen) atoms. The molecule has 2 aromatic rings. The van der Waals surface area contributed by atoms with Gasteiger partial charge in [0.05, 0.1) is 11.6 Å². The number of hydrogen-bond acceptors (Lipinski definition) is 3. The van der Waals surface area contributed by atoms with Gasteiger partial charge in [-0.2, -0.15) is 5.26 Å². The lowest BCUT2D eigenvalue weighted by Crippen LogP contribution is -2.43. The maximum Gasteiger partial charge on any atom is 0.258 e. The molecule has 1 fully saturated rings. The third kappa shape index (κ3) is 4.64. The fourth-order valence-corrected chi connectivity index (χ4v) is 3.41. The zero-order valence-corrected chi connectivity index (χ0v) is 15.1. The average molecular weight is 348 g/mol. The summed E-state index contributed by atoms with van der Waals surface area (Å²) >= 11 is 0. The predicted octanol–water partition coefficient (Wildman–Crippen LogP) is 4.30. The Labute approximate surface area is 154 Å². The first kappa shape index (κ1) is 18.0. The van der Waals surface area contributed by atoms with E-state index in [9.17, 15) is 4.79 Å². The number of carbonyl (C=O) groups excluding carboxylic acids is 1. The summed E-state index contributed by atoms with van der Waals surface area (Å²) in [6.45, 7) is 2.24. The van der Waals surface area contributed by atoms with Crippen LogP contribution >= 0.6 is 0 Å². The molecule has 4 heteroatoms. The number of nitriles is 1. The van der Waals surface area contributed by atoms with E-state index in [1.54, 1.807) is 12.1 Å². The van der Waals surface area contributed by atoms with Gasteiger partial charge in [-0.05, 0) is 54.2 Å². The first-order valence-corrected chi connectivity index (χ1v) is 9.18. The van der Waals surface area contributed by atoms with Crippen molar-refractivity contribution >= 4 is 5.91 Å². The van der Waals surface area contributed by atoms with Crippen LogP contribution in [0.15, 0.2) is 48.5 Å². The molecule has 1 saturated carbocycles. The fourth-order valence-electron chi connectivity index (χ4n) is 3.41. The van der Waals surface area contributed by atoms with Crippen LogP contribution in [0.3, 0.4) is 0 Å². The highest BCUT2D eigenvalue weighted by atomic mass is 16.5. The van der Waals surface area contributed by atoms with Crippen LogP contribution in [-0.2, 0) is 4.79 Å². The minimum absolute atomic E-state index is 0.0411. The van der Waals surface area contributed by atoms with Gasteiger partial charge < -0.3 is 10.1 Å². The number of ether oxygens (including phenoxy) is 1. The molecule has 1 amide bonds. The summed E-state index contributed by atoms with van der Waals surface area (Å²) in [6, 6.07) is 17.5. The van der Waals surface area contributed by atoms with Crippen molar-refractivity contribution in [2.75, 3.05) is 6.61 Å². The van der Waals surface area contributed by atoms with E-state index in [0.717, 1.165) is 17.5 Å². The van der Waals surface area contributed by atoms with Gasteiger partial charge in [-0.25, -0.2) is 0 Å². The largest absolute Gasteiger partial charge is 0.484 e. The molecule has 0 aromatic heterocycles. The van der Waals surface area contributed by atoms with Gasteiger partial charge in [-0.1, -0.05) is 44.0 Å². The van der Waals surface area contributed by atoms with Crippen molar-refractivity contribution in [1.82, 2.24) is 5.32 Å². The van der Waals surface area contributed by atoms with Gasteiger partial charge in [-0.15, -0.1) is 0 Å². The van der Waals surface area contributed by atoms with Crippen LogP contribution in [0.1, 0.15) is 38.2 Å². The molecule has 0 bridgehead atoms. The second-order valence-electron chi connectivity index (χ2n) is 6.94. The number of rotatable bonds is 5. The Morgan fingerprint density at radius 2 is 1.69 bits per heavy atom. The van der Waals surface area contributed by atoms with Gasteiger partial charge in [-0.3, -0.25) is 4.79 Å². The Balaban J connectivity index is 1.52. The quantitative estimate of drug-likeness (QED) is 0.876. The van der Waals surface area contributed by atoms with Gasteiger partial charge in [0.15, 0.2) is 6.61 Å². The summed E-state index contributed by atoms with van der Waals surface area (Å²) < 4.78 is 5.62. The number of amides is 1. The number of hydrogen-bond donors (Lipinski definition) is 1. The van der Waals surface area contributed by atoms with Crippen molar-refractivity contribution in [2.45, 2.75) is 38.6 Å². The van der Waals surface area contributed by atoms with E-state index in [1.807, 2.05) is 36.4 Å². The van der Waals surface area contributed by atoms with Crippen molar-refractivity contribution in [3.63, 3.8) is 0 Å². The molecule has 3 rings (SSSR count). The minimum atomic E-state index is -0.0556. The van der Waals surface area contributed by atoms with Gasteiger partial charge in [0, 0.05) is 6.04 Å². The van der Waals surface area contributed by atoms with Gasteiger partial charge in [0.2, 0.25) is 0 Å². The van der Waals surface area contributed by atoms with E-state index < -0.39 is 0 Å². The van der Waals surface area contributed by atoms with E-state index >= 15 is 0 Å². The van der Waals surface area contributed by atoms with Crippen molar-refractivity contribution in [3.8, 4) is 22.9 Å². The number of carbonyl (C=O) groups is 1. The third-order valence-corrected chi connectivity index (χ3v) is 5.03. The highest BCUT2D eigenvalue weighted by molar-refractivity contribution is 5.78. The lowest BCUT2D eigenvalue weighted by atomic mass is 9.86. The van der Waals surface area contributed by atoms with Crippen LogP contribution in [-0.4, -0.2) is 18.6 Å². The number of nitrogens with zero attached hydrogens (tertiary/aromatic N) is 1. The fraction of sp³-hybridized carbons (Fsp3) is 0.364. The van der Waals surface area contributed by atoms with Gasteiger partial charge in [0.25, 0.3) is 5.91 Å². The van der Waals surface area contributed by atoms with Gasteiger partial charge in [0.1, 0.15) is 5.75 Å². The Morgan fingerprint density at radius 3 is 2.31 bits per heavy atom. The molecule has 1 aliphatic carbocycles. The lowest BCUT2D eigenvalue weighted by Gasteiger charge is -2.29. The minimum Gasteiger partial charge on any atom is -0.484 e. The Kier molecular flexibility index (Phi) is 5.91. The second kappa shape index (κ2) is 8.53. The smallest absolute Gasteiger partial charge is 0.258 e. The van der Waals surface area contributed by atoms with Crippen LogP contribution in [0.2, 0.25) is 0 Å². The molecule has 0 spiro atoms. The highest BCUT2D eigenvalue weighted by Crippen LogP contribution is 2.24. The predicted molar refractivity (Wildman–Crippen MR) is 102 cm³/mol. The van der Waals surface area contributed by atoms with Crippen LogP contribution < -0.4 is 10.1 Å². The maximum atomic E-state index is 12.1. The van der Waals surface area contributed by atoms with Crippen LogP contribution in [0.5, 0.6) is 5.75 Å². The van der Waals surface area contributed by atoms with Crippen LogP contribution in [0, 0.1) is 17.2 Å². The molecular formula is C22H24N2O2. The van der Waals surface area contributed by atoms with Crippen molar-refractivity contribution in [3.05, 3.63) is 54.1 Å². The summed E-state index contributed by atoms with van der Waals surface area (Å²) in [5.41, 5.74) is 2.73. The molecule has 134 valence electrons. The van der Waals surface area contributed by atoms with E-state index in [2.05, 4.69) is 18.3 Å². The normalized spacial score (nSPS) is 19.4. The Hall–Kier alpha value is -2.80. The lowest BCUT2D eigenvalue weighted by molar-refractivity contribution is -0.124. The molecular weight excluding hydrogens is 324 g/mol. The second-order valence-corrected chi connectivity index (χ2v) is 6.94. The van der Waals surface area contributed by atoms with Crippen molar-refractivity contribution in [1.29, 1.82) is 5.26 Å². The van der Waals surface area contributed by atoms with E-state index in [-0.39, 0.29) is 18.6 Å². The number of nitrogens with one attached hydrogen (secondary N) is 1. The van der Waals surface area contributed by atoms with E-state index in [0.29, 0.717) is 17.2 Å². The monoisotopic (exact) mass is 348 g/mol. The molecule has 4 nitrogen and oxygen atoms in total. The Morgan fingerprint density at radius 1 is 1.08 bits per heavy atom. The number of benzene rings is 2. The molecule has 0 aliphatic heterocycles. The summed E-state index contributed by atoms with van der Waals surface area (Å²) in [4.78, 5) is 12.1. The molecule has 1 aliphatic rings. The van der Waals surface area contributed by atoms with Gasteiger partial charge >= 0.3 is 0 Å². The summed E-state index contributed by atoms with van der Waals surface area (Å²) in [5, 5.41) is 12.0. The first-order chi connectivity index (χ1) is 12.7. The SMILES string of the molecule is C[C@@H]1CCCC[C@H]1NC(=O)COc1ccc(-c2ccc(C#N)cc2)cc1. The molecule has 1 N–H and O–H groups in total. The zero-order chi connectivity index (χ0) is 18.4. The molecule has 0 heterocycles. The van der Waals surface area contributed by atoms with Crippen molar-refractivity contribution in [2.24, 2.45) is 5.92 Å². The maximum absolute atomic E-state index is 12.1. The Bertz CT molecular complexity index is 775. The molecule has 0 radical (unpaired) electrons. The standard InChI is InChI=1S/C22H24N2O2/c1-16-4-2-3-5-21(16)24-22(25)15-26-20-12-10-19(11-13-20)18-8-6-17(14-23)7-9-18/h6-13,16,21H,2-5,15H2,1H3,(H,24,25)/t16-,21-/m1/s1. The summed E-state index contributed by atoms with van der Waals surface area (Å²) in [5.74, 6) is 1.16. The molecule has 2 aromatic carbocycles. The molecule has 2 atom stereocenters. The summed E-state index contributed by atoms with van der Waals surface area (Å²) in [6.07, 6.45) is 4.69. The topological polar surface area (TPSA) is 62.1 Å². The van der Waals surface area contributed by atoms with E-state index in [4.69, 9.17) is 10.00 Å². The summed E-state index contributed by atoms with van der Waals surface area (Å²) in [7, 11) is 0. The van der Waals surface area contributed by atoms with Crippen LogP contribution in [0.25, 0.3) is 11.1 Å². The average Bonchev–Trinajstić information content (AvgIpc) is 2.69. The molecule has 0 saturated heterocycles. The third-order valence-electron chi connectivity index (χ3n) is 5.03. The van der Waals surface area contributed by atoms with Crippen LogP contribution in [0.4, 0.5) is 0 Å².